The van der Waals surface area contributed by atoms with Gasteiger partial charge in [0.25, 0.3) is 0 Å². The van der Waals surface area contributed by atoms with E-state index in [4.69, 9.17) is 5.84 Å². The van der Waals surface area contributed by atoms with E-state index in [9.17, 15) is 0 Å². The summed E-state index contributed by atoms with van der Waals surface area (Å²) >= 11 is 0. The highest BCUT2D eigenvalue weighted by atomic mass is 15.2. The van der Waals surface area contributed by atoms with Crippen molar-refractivity contribution in [1.82, 2.24) is 5.43 Å². The monoisotopic (exact) mass is 112 g/mol. The first-order valence-corrected chi connectivity index (χ1v) is 2.97. The van der Waals surface area contributed by atoms with Gasteiger partial charge in [0.15, 0.2) is 0 Å². The van der Waals surface area contributed by atoms with E-state index in [2.05, 4.69) is 12.0 Å². The summed E-state index contributed by atoms with van der Waals surface area (Å²) in [5.74, 6) is 5.98. The summed E-state index contributed by atoms with van der Waals surface area (Å²) in [6.45, 7) is 3.65. The van der Waals surface area contributed by atoms with Crippen LogP contribution in [0.2, 0.25) is 0 Å². The summed E-state index contributed by atoms with van der Waals surface area (Å²) in [6.07, 6.45) is 4.49. The first-order valence-electron chi connectivity index (χ1n) is 2.97. The van der Waals surface area contributed by atoms with Gasteiger partial charge in [-0.05, 0) is 18.8 Å². The zero-order valence-electron chi connectivity index (χ0n) is 4.93. The van der Waals surface area contributed by atoms with Gasteiger partial charge in [0.2, 0.25) is 0 Å². The smallest absolute Gasteiger partial charge is 0.0416 e. The molecule has 1 saturated carbocycles. The van der Waals surface area contributed by atoms with Crippen molar-refractivity contribution < 1.29 is 0 Å². The van der Waals surface area contributed by atoms with Crippen LogP contribution in [0, 0.1) is 5.92 Å². The lowest BCUT2D eigenvalue weighted by molar-refractivity contribution is 0.561. The molecule has 3 N–H and O–H groups in total. The molecule has 0 saturated heterocycles. The van der Waals surface area contributed by atoms with E-state index in [-0.39, 0.29) is 0 Å². The Bertz CT molecular complexity index is 86.5. The third kappa shape index (κ3) is 1.08. The van der Waals surface area contributed by atoms with Gasteiger partial charge in [-0.15, -0.1) is 6.58 Å². The molecule has 0 amide bonds. The molecule has 1 unspecified atom stereocenters. The summed E-state index contributed by atoms with van der Waals surface area (Å²) in [5, 5.41) is 0. The highest BCUT2D eigenvalue weighted by Gasteiger charge is 2.27. The van der Waals surface area contributed by atoms with Gasteiger partial charge in [-0.1, -0.05) is 6.08 Å². The minimum atomic E-state index is 0.356. The molecule has 46 valence electrons. The SMILES string of the molecule is C=CC(NN)C1CC1. The maximum atomic E-state index is 5.20. The summed E-state index contributed by atoms with van der Waals surface area (Å²) in [7, 11) is 0. The third-order valence-electron chi connectivity index (χ3n) is 1.58. The Morgan fingerprint density at radius 2 is 2.38 bits per heavy atom. The number of rotatable bonds is 3. The van der Waals surface area contributed by atoms with Gasteiger partial charge in [-0.25, -0.2) is 0 Å². The predicted molar refractivity (Wildman–Crippen MR) is 34.0 cm³/mol. The van der Waals surface area contributed by atoms with Crippen molar-refractivity contribution in [3.63, 3.8) is 0 Å². The molecule has 1 fully saturated rings. The van der Waals surface area contributed by atoms with E-state index in [0.29, 0.717) is 6.04 Å². The molecular formula is C6H12N2. The predicted octanol–water partition coefficient (Wildman–Crippen LogP) is 0.414. The van der Waals surface area contributed by atoms with E-state index >= 15 is 0 Å². The average molecular weight is 112 g/mol. The highest BCUT2D eigenvalue weighted by Crippen LogP contribution is 2.32. The molecule has 0 aromatic heterocycles. The maximum absolute atomic E-state index is 5.20. The Kier molecular flexibility index (Phi) is 1.65. The van der Waals surface area contributed by atoms with Crippen molar-refractivity contribution >= 4 is 0 Å². The second-order valence-corrected chi connectivity index (χ2v) is 2.27. The largest absolute Gasteiger partial charge is 0.271 e. The molecule has 0 aliphatic heterocycles. The quantitative estimate of drug-likeness (QED) is 0.315. The van der Waals surface area contributed by atoms with Crippen LogP contribution in [0.3, 0.4) is 0 Å². The van der Waals surface area contributed by atoms with Gasteiger partial charge in [0, 0.05) is 6.04 Å². The molecule has 0 spiro atoms. The van der Waals surface area contributed by atoms with Gasteiger partial charge in [-0.2, -0.15) is 0 Å². The highest BCUT2D eigenvalue weighted by molar-refractivity contribution is 4.95. The van der Waals surface area contributed by atoms with Crippen LogP contribution in [0.15, 0.2) is 12.7 Å². The second-order valence-electron chi connectivity index (χ2n) is 2.27. The Morgan fingerprint density at radius 1 is 1.75 bits per heavy atom. The summed E-state index contributed by atoms with van der Waals surface area (Å²) in [6, 6.07) is 0.356. The number of nitrogens with two attached hydrogens (primary N) is 1. The normalized spacial score (nSPS) is 22.6. The second kappa shape index (κ2) is 2.29. The summed E-state index contributed by atoms with van der Waals surface area (Å²) in [5.41, 5.74) is 2.70. The Hall–Kier alpha value is -0.340. The molecule has 1 rings (SSSR count). The number of hydrogen-bond acceptors (Lipinski definition) is 2. The molecule has 1 atom stereocenters. The number of nitrogens with one attached hydrogen (secondary N) is 1. The molecule has 1 aliphatic rings. The first-order chi connectivity index (χ1) is 3.88. The molecule has 0 heterocycles. The Labute approximate surface area is 49.7 Å². The number of hydrazine groups is 1. The van der Waals surface area contributed by atoms with Gasteiger partial charge < -0.3 is 0 Å². The Morgan fingerprint density at radius 3 is 2.50 bits per heavy atom. The van der Waals surface area contributed by atoms with E-state index < -0.39 is 0 Å². The van der Waals surface area contributed by atoms with Crippen LogP contribution in [0.4, 0.5) is 0 Å². The molecule has 0 radical (unpaired) electrons. The van der Waals surface area contributed by atoms with E-state index in [1.54, 1.807) is 0 Å². The van der Waals surface area contributed by atoms with Gasteiger partial charge in [0.1, 0.15) is 0 Å². The van der Waals surface area contributed by atoms with Crippen LogP contribution < -0.4 is 11.3 Å². The fourth-order valence-corrected chi connectivity index (χ4v) is 0.852. The standard InChI is InChI=1S/C6H12N2/c1-2-6(8-7)5-3-4-5/h2,5-6,8H,1,3-4,7H2. The van der Waals surface area contributed by atoms with E-state index in [1.807, 2.05) is 6.08 Å². The topological polar surface area (TPSA) is 38.0 Å². The van der Waals surface area contributed by atoms with Gasteiger partial charge in [-0.3, -0.25) is 11.3 Å². The van der Waals surface area contributed by atoms with Crippen LogP contribution in [0.25, 0.3) is 0 Å². The lowest BCUT2D eigenvalue weighted by Gasteiger charge is -2.06. The van der Waals surface area contributed by atoms with E-state index in [0.717, 1.165) is 5.92 Å². The van der Waals surface area contributed by atoms with Crippen LogP contribution in [0.5, 0.6) is 0 Å². The lowest BCUT2D eigenvalue weighted by Crippen LogP contribution is -2.34. The summed E-state index contributed by atoms with van der Waals surface area (Å²) in [4.78, 5) is 0. The van der Waals surface area contributed by atoms with Crippen molar-refractivity contribution in [3.05, 3.63) is 12.7 Å². The average Bonchev–Trinajstić information content (AvgIpc) is 2.53. The molecule has 1 aliphatic carbocycles. The minimum Gasteiger partial charge on any atom is -0.271 e. The first kappa shape index (κ1) is 5.79. The number of hydrogen-bond donors (Lipinski definition) is 2. The van der Waals surface area contributed by atoms with Crippen molar-refractivity contribution in [2.45, 2.75) is 18.9 Å². The van der Waals surface area contributed by atoms with Crippen molar-refractivity contribution in [2.24, 2.45) is 11.8 Å². The fraction of sp³-hybridized carbons (Fsp3) is 0.667. The van der Waals surface area contributed by atoms with Crippen LogP contribution in [-0.2, 0) is 0 Å². The van der Waals surface area contributed by atoms with Gasteiger partial charge >= 0.3 is 0 Å². The molecule has 0 bridgehead atoms. The van der Waals surface area contributed by atoms with Crippen LogP contribution in [0.1, 0.15) is 12.8 Å². The molecular weight excluding hydrogens is 100 g/mol. The van der Waals surface area contributed by atoms with Crippen molar-refractivity contribution in [3.8, 4) is 0 Å². The van der Waals surface area contributed by atoms with E-state index in [1.165, 1.54) is 12.8 Å². The zero-order valence-corrected chi connectivity index (χ0v) is 4.93. The molecule has 2 heteroatoms. The Balaban J connectivity index is 2.25. The molecule has 0 aromatic carbocycles. The summed E-state index contributed by atoms with van der Waals surface area (Å²) < 4.78 is 0. The van der Waals surface area contributed by atoms with Crippen LogP contribution in [-0.4, -0.2) is 6.04 Å². The molecule has 8 heavy (non-hydrogen) atoms. The molecule has 0 aromatic rings. The van der Waals surface area contributed by atoms with Crippen molar-refractivity contribution in [2.75, 3.05) is 0 Å². The minimum absolute atomic E-state index is 0.356. The molecule has 2 nitrogen and oxygen atoms in total. The van der Waals surface area contributed by atoms with Crippen molar-refractivity contribution in [1.29, 1.82) is 0 Å². The van der Waals surface area contributed by atoms with Gasteiger partial charge in [0.05, 0.1) is 0 Å². The maximum Gasteiger partial charge on any atom is 0.0416 e. The third-order valence-corrected chi connectivity index (χ3v) is 1.58. The zero-order chi connectivity index (χ0) is 5.98. The fourth-order valence-electron chi connectivity index (χ4n) is 0.852. The van der Waals surface area contributed by atoms with Crippen LogP contribution >= 0.6 is 0 Å². The lowest BCUT2D eigenvalue weighted by atomic mass is 10.2.